The first-order valence-corrected chi connectivity index (χ1v) is 11.0. The van der Waals surface area contributed by atoms with E-state index in [1.807, 2.05) is 36.4 Å². The maximum Gasteiger partial charge on any atom is 0.249 e. The summed E-state index contributed by atoms with van der Waals surface area (Å²) in [5, 5.41) is 8.80. The van der Waals surface area contributed by atoms with E-state index in [0.717, 1.165) is 35.6 Å². The number of carbonyl (C=O) groups is 2. The first-order valence-electron chi connectivity index (χ1n) is 11.0. The highest BCUT2D eigenvalue weighted by Gasteiger charge is 2.26. The minimum absolute atomic E-state index is 0.145. The Labute approximate surface area is 182 Å². The Morgan fingerprint density at radius 1 is 1.00 bits per heavy atom. The number of carbonyl (C=O) groups excluding carboxylic acids is 2. The van der Waals surface area contributed by atoms with Gasteiger partial charge in [0.05, 0.1) is 0 Å². The van der Waals surface area contributed by atoms with E-state index in [2.05, 4.69) is 20.9 Å². The number of piperidine rings is 2. The number of nitrogens with zero attached hydrogens (tertiary/aromatic N) is 1. The molecule has 7 heteroatoms. The molecule has 6 nitrogen and oxygen atoms in total. The molecule has 2 aliphatic rings. The van der Waals surface area contributed by atoms with E-state index < -0.39 is 6.04 Å². The lowest BCUT2D eigenvalue weighted by molar-refractivity contribution is -0.133. The summed E-state index contributed by atoms with van der Waals surface area (Å²) in [4.78, 5) is 25.4. The molecule has 2 amide bonds. The average molecular weight is 425 g/mol. The Hall–Kier alpha value is -2.93. The van der Waals surface area contributed by atoms with Gasteiger partial charge in [-0.05, 0) is 68.2 Å². The van der Waals surface area contributed by atoms with Crippen molar-refractivity contribution in [3.63, 3.8) is 0 Å². The van der Waals surface area contributed by atoms with Crippen molar-refractivity contribution in [3.8, 4) is 0 Å². The van der Waals surface area contributed by atoms with Gasteiger partial charge in [0, 0.05) is 36.4 Å². The third-order valence-corrected chi connectivity index (χ3v) is 5.92. The molecule has 0 radical (unpaired) electrons. The molecule has 0 spiro atoms. The van der Waals surface area contributed by atoms with Crippen LogP contribution < -0.4 is 16.0 Å². The fourth-order valence-electron chi connectivity index (χ4n) is 4.11. The molecule has 0 aromatic heterocycles. The number of nitrogens with one attached hydrogen (secondary N) is 3. The van der Waals surface area contributed by atoms with Crippen LogP contribution in [0.2, 0.25) is 0 Å². The van der Waals surface area contributed by atoms with Crippen LogP contribution >= 0.6 is 0 Å². The molecule has 2 aliphatic heterocycles. The summed E-state index contributed by atoms with van der Waals surface area (Å²) in [6.45, 7) is 3.32. The normalized spacial score (nSPS) is 19.7. The highest BCUT2D eigenvalue weighted by Crippen LogP contribution is 2.20. The summed E-state index contributed by atoms with van der Waals surface area (Å²) in [5.74, 6) is -0.656. The molecule has 1 atom stereocenters. The molecular formula is C24H29FN4O2. The van der Waals surface area contributed by atoms with Crippen LogP contribution in [0.15, 0.2) is 42.5 Å². The molecule has 2 saturated heterocycles. The number of hydrogen-bond acceptors (Lipinski definition) is 5. The fourth-order valence-corrected chi connectivity index (χ4v) is 4.11. The second kappa shape index (κ2) is 9.92. The van der Waals surface area contributed by atoms with Crippen LogP contribution in [0.4, 0.5) is 15.8 Å². The van der Waals surface area contributed by atoms with E-state index in [1.54, 1.807) is 6.07 Å². The van der Waals surface area contributed by atoms with Gasteiger partial charge in [0.25, 0.3) is 0 Å². The van der Waals surface area contributed by atoms with Gasteiger partial charge < -0.3 is 10.6 Å². The Balaban J connectivity index is 1.28. The highest BCUT2D eigenvalue weighted by atomic mass is 19.1. The predicted molar refractivity (Wildman–Crippen MR) is 119 cm³/mol. The van der Waals surface area contributed by atoms with Crippen molar-refractivity contribution in [3.05, 3.63) is 59.4 Å². The van der Waals surface area contributed by atoms with Crippen molar-refractivity contribution in [1.82, 2.24) is 10.2 Å². The number of likely N-dealkylation sites (tertiary alicyclic amines) is 1. The van der Waals surface area contributed by atoms with Crippen molar-refractivity contribution in [2.24, 2.45) is 0 Å². The molecule has 2 aromatic carbocycles. The summed E-state index contributed by atoms with van der Waals surface area (Å²) < 4.78 is 14.5. The number of halogens is 1. The van der Waals surface area contributed by atoms with E-state index >= 15 is 0 Å². The van der Waals surface area contributed by atoms with Crippen LogP contribution in [0.25, 0.3) is 0 Å². The van der Waals surface area contributed by atoms with Gasteiger partial charge in [-0.15, -0.1) is 0 Å². The van der Waals surface area contributed by atoms with Crippen LogP contribution in [0.1, 0.15) is 43.2 Å². The lowest BCUT2D eigenvalue weighted by Crippen LogP contribution is -2.47. The Bertz CT molecular complexity index is 926. The Kier molecular flexibility index (Phi) is 6.82. The van der Waals surface area contributed by atoms with Crippen molar-refractivity contribution < 1.29 is 14.0 Å². The Morgan fingerprint density at radius 3 is 2.45 bits per heavy atom. The molecule has 1 unspecified atom stereocenters. The number of amides is 2. The van der Waals surface area contributed by atoms with Gasteiger partial charge in [0.1, 0.15) is 11.9 Å². The molecule has 2 aromatic rings. The third-order valence-electron chi connectivity index (χ3n) is 5.92. The molecule has 2 heterocycles. The van der Waals surface area contributed by atoms with Gasteiger partial charge in [-0.25, -0.2) is 4.39 Å². The SMILES string of the molecule is O=C1CCC(Nc2ccc(NCc3ccc(CN4CCCCC4)c(F)c3)cc2)C(=O)N1. The lowest BCUT2D eigenvalue weighted by Gasteiger charge is -2.26. The molecule has 2 fully saturated rings. The largest absolute Gasteiger partial charge is 0.381 e. The van der Waals surface area contributed by atoms with Crippen LogP contribution in [0, 0.1) is 5.82 Å². The maximum atomic E-state index is 14.5. The smallest absolute Gasteiger partial charge is 0.249 e. The monoisotopic (exact) mass is 424 g/mol. The molecule has 3 N–H and O–H groups in total. The van der Waals surface area contributed by atoms with Crippen LogP contribution in [0.3, 0.4) is 0 Å². The number of benzene rings is 2. The van der Waals surface area contributed by atoms with E-state index in [1.165, 1.54) is 19.3 Å². The van der Waals surface area contributed by atoms with Gasteiger partial charge in [0.15, 0.2) is 0 Å². The Morgan fingerprint density at radius 2 is 1.74 bits per heavy atom. The topological polar surface area (TPSA) is 73.5 Å². The average Bonchev–Trinajstić information content (AvgIpc) is 2.77. The molecule has 164 valence electrons. The van der Waals surface area contributed by atoms with Gasteiger partial charge in [0.2, 0.25) is 11.8 Å². The van der Waals surface area contributed by atoms with Gasteiger partial charge in [-0.3, -0.25) is 19.8 Å². The number of hydrogen-bond donors (Lipinski definition) is 3. The first-order chi connectivity index (χ1) is 15.1. The molecule has 4 rings (SSSR count). The van der Waals surface area contributed by atoms with Gasteiger partial charge in [-0.2, -0.15) is 0 Å². The summed E-state index contributed by atoms with van der Waals surface area (Å²) in [7, 11) is 0. The minimum atomic E-state index is -0.400. The van der Waals surface area contributed by atoms with Gasteiger partial charge in [-0.1, -0.05) is 18.6 Å². The number of anilines is 2. The van der Waals surface area contributed by atoms with Crippen LogP contribution in [-0.4, -0.2) is 35.8 Å². The first kappa shape index (κ1) is 21.3. The van der Waals surface area contributed by atoms with Gasteiger partial charge >= 0.3 is 0 Å². The summed E-state index contributed by atoms with van der Waals surface area (Å²) in [6.07, 6.45) is 4.51. The fraction of sp³-hybridized carbons (Fsp3) is 0.417. The van der Waals surface area contributed by atoms with E-state index in [9.17, 15) is 14.0 Å². The minimum Gasteiger partial charge on any atom is -0.381 e. The molecule has 31 heavy (non-hydrogen) atoms. The zero-order chi connectivity index (χ0) is 21.6. The quantitative estimate of drug-likeness (QED) is 0.592. The summed E-state index contributed by atoms with van der Waals surface area (Å²) in [6, 6.07) is 12.7. The molecule has 0 saturated carbocycles. The summed E-state index contributed by atoms with van der Waals surface area (Å²) >= 11 is 0. The zero-order valence-corrected chi connectivity index (χ0v) is 17.6. The lowest BCUT2D eigenvalue weighted by atomic mass is 10.1. The van der Waals surface area contributed by atoms with E-state index in [0.29, 0.717) is 25.9 Å². The van der Waals surface area contributed by atoms with E-state index in [4.69, 9.17) is 0 Å². The molecule has 0 aliphatic carbocycles. The standard InChI is InChI=1S/C24H29FN4O2/c25-21-14-17(4-5-18(21)16-29-12-2-1-3-13-29)15-26-19-6-8-20(9-7-19)27-22-10-11-23(30)28-24(22)31/h4-9,14,22,26-27H,1-3,10-13,15-16H2,(H,28,30,31). The van der Waals surface area contributed by atoms with Crippen molar-refractivity contribution in [1.29, 1.82) is 0 Å². The maximum absolute atomic E-state index is 14.5. The van der Waals surface area contributed by atoms with Crippen LogP contribution in [-0.2, 0) is 22.7 Å². The van der Waals surface area contributed by atoms with Crippen molar-refractivity contribution in [2.45, 2.75) is 51.2 Å². The molecular weight excluding hydrogens is 395 g/mol. The predicted octanol–water partition coefficient (Wildman–Crippen LogP) is 3.64. The zero-order valence-electron chi connectivity index (χ0n) is 17.6. The summed E-state index contributed by atoms with van der Waals surface area (Å²) in [5.41, 5.74) is 3.37. The number of rotatable bonds is 7. The third kappa shape index (κ3) is 5.82. The van der Waals surface area contributed by atoms with E-state index in [-0.39, 0.29) is 17.6 Å². The van der Waals surface area contributed by atoms with Crippen molar-refractivity contribution >= 4 is 23.2 Å². The second-order valence-electron chi connectivity index (χ2n) is 8.34. The van der Waals surface area contributed by atoms with Crippen LogP contribution in [0.5, 0.6) is 0 Å². The second-order valence-corrected chi connectivity index (χ2v) is 8.34. The van der Waals surface area contributed by atoms with Crippen molar-refractivity contribution in [2.75, 3.05) is 23.7 Å². The number of imide groups is 1. The highest BCUT2D eigenvalue weighted by molar-refractivity contribution is 6.01. The molecule has 0 bridgehead atoms.